The fraction of sp³-hybridized carbons (Fsp3) is 0.818. The predicted octanol–water partition coefficient (Wildman–Crippen LogP) is 13.2. The van der Waals surface area contributed by atoms with Crippen LogP contribution in [-0.4, -0.2) is 45.8 Å². The summed E-state index contributed by atoms with van der Waals surface area (Å²) in [5.74, 6) is -4.01. The van der Waals surface area contributed by atoms with Crippen molar-refractivity contribution in [3.63, 3.8) is 0 Å². The topological polar surface area (TPSA) is 138 Å². The normalized spacial score (nSPS) is 11.4. The molecule has 0 unspecified atom stereocenters. The summed E-state index contributed by atoms with van der Waals surface area (Å²) in [6.07, 6.45) is 44.3. The van der Waals surface area contributed by atoms with Gasteiger partial charge in [0, 0.05) is 23.8 Å². The van der Waals surface area contributed by atoms with Crippen molar-refractivity contribution in [2.45, 2.75) is 226 Å². The van der Waals surface area contributed by atoms with E-state index in [2.05, 4.69) is 13.8 Å². The van der Waals surface area contributed by atoms with Gasteiger partial charge >= 0.3 is 23.9 Å². The van der Waals surface area contributed by atoms with Crippen molar-refractivity contribution in [3.05, 3.63) is 23.8 Å². The van der Waals surface area contributed by atoms with Gasteiger partial charge in [-0.25, -0.2) is 19.2 Å². The third-order valence-corrected chi connectivity index (χ3v) is 9.48. The van der Waals surface area contributed by atoms with Crippen molar-refractivity contribution < 1.29 is 39.2 Å². The lowest BCUT2D eigenvalue weighted by atomic mass is 10.0. The van der Waals surface area contributed by atoms with Crippen molar-refractivity contribution in [2.75, 3.05) is 6.61 Å². The maximum atomic E-state index is 11.1. The summed E-state index contributed by atoms with van der Waals surface area (Å²) in [6.45, 7) is 4.90. The fourth-order valence-corrected chi connectivity index (χ4v) is 6.26. The molecule has 3 N–H and O–H groups in total. The van der Waals surface area contributed by atoms with Crippen LogP contribution in [0.1, 0.15) is 226 Å². The van der Waals surface area contributed by atoms with E-state index in [-0.39, 0.29) is 5.57 Å². The largest absolute Gasteiger partial charge is 0.478 e. The van der Waals surface area contributed by atoms with Crippen molar-refractivity contribution in [1.82, 2.24) is 0 Å². The number of aliphatic carboxylic acids is 3. The first kappa shape index (κ1) is 51.5. The summed E-state index contributed by atoms with van der Waals surface area (Å²) in [5.41, 5.74) is 0.00265. The molecule has 0 heterocycles. The van der Waals surface area contributed by atoms with Crippen LogP contribution in [0.3, 0.4) is 0 Å². The molecule has 0 aromatic rings. The first-order valence-corrected chi connectivity index (χ1v) is 21.5. The minimum atomic E-state index is -1.18. The second-order valence-corrected chi connectivity index (χ2v) is 14.5. The monoisotopic (exact) mass is 737 g/mol. The quantitative estimate of drug-likeness (QED) is 0.0323. The molecular formula is C44H80O8. The van der Waals surface area contributed by atoms with Crippen LogP contribution in [0.15, 0.2) is 23.8 Å². The summed E-state index contributed by atoms with van der Waals surface area (Å²) in [5, 5.41) is 25.9. The maximum Gasteiger partial charge on any atom is 0.331 e. The highest BCUT2D eigenvalue weighted by molar-refractivity contribution is 5.94. The summed E-state index contributed by atoms with van der Waals surface area (Å²) in [7, 11) is 0. The Morgan fingerprint density at radius 2 is 0.712 bits per heavy atom. The Labute approximate surface area is 318 Å². The minimum Gasteiger partial charge on any atom is -0.478 e. The standard InChI is InChI=1S/2C22H40O4/c1-2-3-4-5-6-7-8-9-10-11-12-13-14-15-16-17-20-26-22(25)19-18-21(23)24;1-2-3-4-5-6-7-8-9-10-11-12-13-14-15-16-17-18-20(22(25)26)19-21(23)24/h18-19H,2-17,20H2,1H3,(H,23,24);19H,2-18H2,1H3,(H,23,24)(H,25,26). The average Bonchev–Trinajstić information content (AvgIpc) is 3.11. The van der Waals surface area contributed by atoms with Gasteiger partial charge in [-0.15, -0.1) is 0 Å². The van der Waals surface area contributed by atoms with Crippen molar-refractivity contribution in [2.24, 2.45) is 0 Å². The molecule has 0 fully saturated rings. The van der Waals surface area contributed by atoms with E-state index in [0.717, 1.165) is 50.3 Å². The summed E-state index contributed by atoms with van der Waals surface area (Å²) < 4.78 is 4.92. The summed E-state index contributed by atoms with van der Waals surface area (Å²) in [6, 6.07) is 0. The lowest BCUT2D eigenvalue weighted by Crippen LogP contribution is -2.04. The highest BCUT2D eigenvalue weighted by atomic mass is 16.5. The molecule has 0 aliphatic carbocycles. The molecule has 0 aromatic carbocycles. The molecule has 8 heteroatoms. The number of carbonyl (C=O) groups is 4. The number of unbranched alkanes of at least 4 members (excludes halogenated alkanes) is 30. The maximum absolute atomic E-state index is 11.1. The Balaban J connectivity index is 0. The van der Waals surface area contributed by atoms with Crippen LogP contribution in [0.2, 0.25) is 0 Å². The van der Waals surface area contributed by atoms with Crippen molar-refractivity contribution in [3.8, 4) is 0 Å². The van der Waals surface area contributed by atoms with E-state index in [4.69, 9.17) is 20.1 Å². The van der Waals surface area contributed by atoms with Gasteiger partial charge in [-0.1, -0.05) is 206 Å². The highest BCUT2D eigenvalue weighted by Gasteiger charge is 2.09. The number of ether oxygens (including phenoxy) is 1. The SMILES string of the molecule is CCCCCCCCCCCCCCCCCCC(=CC(=O)O)C(=O)O.CCCCCCCCCCCCCCCCCCOC(=O)C=CC(=O)O. The number of carboxylic acid groups (broad SMARTS) is 3. The van der Waals surface area contributed by atoms with Gasteiger partial charge in [0.2, 0.25) is 0 Å². The van der Waals surface area contributed by atoms with E-state index in [1.54, 1.807) is 0 Å². The van der Waals surface area contributed by atoms with Crippen LogP contribution in [-0.2, 0) is 23.9 Å². The molecule has 0 radical (unpaired) electrons. The molecule has 0 bridgehead atoms. The van der Waals surface area contributed by atoms with Gasteiger partial charge in [0.15, 0.2) is 0 Å². The predicted molar refractivity (Wildman–Crippen MR) is 215 cm³/mol. The zero-order valence-electron chi connectivity index (χ0n) is 33.7. The number of hydrogen-bond acceptors (Lipinski definition) is 5. The highest BCUT2D eigenvalue weighted by Crippen LogP contribution is 2.16. The second-order valence-electron chi connectivity index (χ2n) is 14.5. The van der Waals surface area contributed by atoms with E-state index < -0.39 is 23.9 Å². The number of rotatable bonds is 38. The lowest BCUT2D eigenvalue weighted by molar-refractivity contribution is -0.138. The third kappa shape index (κ3) is 45.4. The lowest BCUT2D eigenvalue weighted by Gasteiger charge is -2.04. The van der Waals surface area contributed by atoms with E-state index in [9.17, 15) is 19.2 Å². The molecule has 0 aromatic heterocycles. The number of carbonyl (C=O) groups excluding carboxylic acids is 1. The second kappa shape index (κ2) is 42.8. The third-order valence-electron chi connectivity index (χ3n) is 9.48. The van der Waals surface area contributed by atoms with Gasteiger partial charge < -0.3 is 20.1 Å². The average molecular weight is 737 g/mol. The summed E-state index contributed by atoms with van der Waals surface area (Å²) >= 11 is 0. The molecule has 8 nitrogen and oxygen atoms in total. The smallest absolute Gasteiger partial charge is 0.331 e. The first-order valence-electron chi connectivity index (χ1n) is 21.5. The van der Waals surface area contributed by atoms with E-state index in [1.807, 2.05) is 0 Å². The first-order chi connectivity index (χ1) is 25.2. The van der Waals surface area contributed by atoms with Gasteiger partial charge in [-0.05, 0) is 19.3 Å². The van der Waals surface area contributed by atoms with Gasteiger partial charge in [0.25, 0.3) is 0 Å². The molecule has 52 heavy (non-hydrogen) atoms. The van der Waals surface area contributed by atoms with Crippen LogP contribution in [0, 0.1) is 0 Å². The molecule has 304 valence electrons. The van der Waals surface area contributed by atoms with E-state index >= 15 is 0 Å². The van der Waals surface area contributed by atoms with E-state index in [1.165, 1.54) is 173 Å². The molecule has 0 amide bonds. The Morgan fingerprint density at radius 1 is 0.404 bits per heavy atom. The zero-order chi connectivity index (χ0) is 38.8. The number of hydrogen-bond donors (Lipinski definition) is 3. The van der Waals surface area contributed by atoms with Crippen molar-refractivity contribution in [1.29, 1.82) is 0 Å². The molecule has 0 atom stereocenters. The molecule has 0 saturated carbocycles. The van der Waals surface area contributed by atoms with Crippen LogP contribution >= 0.6 is 0 Å². The van der Waals surface area contributed by atoms with Crippen LogP contribution in [0.5, 0.6) is 0 Å². The minimum absolute atomic E-state index is 0.00265. The summed E-state index contributed by atoms with van der Waals surface area (Å²) in [4.78, 5) is 42.8. The molecule has 0 rings (SSSR count). The van der Waals surface area contributed by atoms with Gasteiger partial charge in [-0.3, -0.25) is 0 Å². The van der Waals surface area contributed by atoms with Crippen LogP contribution in [0.25, 0.3) is 0 Å². The van der Waals surface area contributed by atoms with Crippen LogP contribution in [0.4, 0.5) is 0 Å². The van der Waals surface area contributed by atoms with Crippen LogP contribution < -0.4 is 0 Å². The molecule has 0 saturated heterocycles. The zero-order valence-corrected chi connectivity index (χ0v) is 33.7. The molecule has 0 aliphatic heterocycles. The molecule has 0 aliphatic rings. The van der Waals surface area contributed by atoms with Gasteiger partial charge in [0.05, 0.1) is 6.61 Å². The van der Waals surface area contributed by atoms with E-state index in [0.29, 0.717) is 13.0 Å². The van der Waals surface area contributed by atoms with Gasteiger partial charge in [0.1, 0.15) is 0 Å². The fourth-order valence-electron chi connectivity index (χ4n) is 6.26. The number of carboxylic acids is 3. The Bertz CT molecular complexity index is 893. The van der Waals surface area contributed by atoms with Crippen molar-refractivity contribution >= 4 is 23.9 Å². The Morgan fingerprint density at radius 3 is 1.00 bits per heavy atom. The molecular weight excluding hydrogens is 656 g/mol. The number of esters is 1. The Hall–Kier alpha value is -2.64. The molecule has 0 spiro atoms. The Kier molecular flexibility index (Phi) is 42.3. The van der Waals surface area contributed by atoms with Gasteiger partial charge in [-0.2, -0.15) is 0 Å².